The first kappa shape index (κ1) is 13.3. The van der Waals surface area contributed by atoms with Crippen molar-refractivity contribution in [2.45, 2.75) is 20.5 Å². The lowest BCUT2D eigenvalue weighted by molar-refractivity contribution is 0.302. The van der Waals surface area contributed by atoms with Gasteiger partial charge in [0.25, 0.3) is 0 Å². The molecule has 0 atom stereocenters. The Hall–Kier alpha value is -1.14. The van der Waals surface area contributed by atoms with Gasteiger partial charge in [-0.2, -0.15) is 0 Å². The molecule has 0 saturated carbocycles. The molecule has 0 aliphatic rings. The van der Waals surface area contributed by atoms with Crippen LogP contribution in [0.4, 0.5) is 5.13 Å². The SMILES string of the molecule is CCNc1nnc(COc2ccc(Br)cc2C)s1. The second-order valence-corrected chi connectivity index (χ2v) is 5.71. The second kappa shape index (κ2) is 6.15. The van der Waals surface area contributed by atoms with Crippen molar-refractivity contribution in [3.8, 4) is 5.75 Å². The highest BCUT2D eigenvalue weighted by Crippen LogP contribution is 2.24. The third-order valence-electron chi connectivity index (χ3n) is 2.28. The molecule has 1 heterocycles. The molecule has 4 nitrogen and oxygen atoms in total. The number of ether oxygens (including phenoxy) is 1. The highest BCUT2D eigenvalue weighted by molar-refractivity contribution is 9.10. The van der Waals surface area contributed by atoms with Gasteiger partial charge in [0.2, 0.25) is 5.13 Å². The summed E-state index contributed by atoms with van der Waals surface area (Å²) in [6.45, 7) is 5.35. The van der Waals surface area contributed by atoms with E-state index in [1.54, 1.807) is 0 Å². The normalized spacial score (nSPS) is 10.4. The molecule has 1 aromatic carbocycles. The molecule has 0 aliphatic carbocycles. The number of halogens is 1. The lowest BCUT2D eigenvalue weighted by Crippen LogP contribution is -1.96. The van der Waals surface area contributed by atoms with Crippen LogP contribution in [0.5, 0.6) is 5.75 Å². The summed E-state index contributed by atoms with van der Waals surface area (Å²) in [5, 5.41) is 12.9. The van der Waals surface area contributed by atoms with Crippen LogP contribution in [0, 0.1) is 6.92 Å². The Kier molecular flexibility index (Phi) is 4.54. The maximum Gasteiger partial charge on any atom is 0.205 e. The van der Waals surface area contributed by atoms with Crippen LogP contribution in [-0.4, -0.2) is 16.7 Å². The van der Waals surface area contributed by atoms with Crippen LogP contribution < -0.4 is 10.1 Å². The van der Waals surface area contributed by atoms with E-state index in [0.29, 0.717) is 6.61 Å². The van der Waals surface area contributed by atoms with Gasteiger partial charge in [-0.15, -0.1) is 10.2 Å². The van der Waals surface area contributed by atoms with Crippen molar-refractivity contribution >= 4 is 32.4 Å². The fraction of sp³-hybridized carbons (Fsp3) is 0.333. The van der Waals surface area contributed by atoms with E-state index < -0.39 is 0 Å². The summed E-state index contributed by atoms with van der Waals surface area (Å²) in [6.07, 6.45) is 0. The summed E-state index contributed by atoms with van der Waals surface area (Å²) in [6, 6.07) is 5.94. The van der Waals surface area contributed by atoms with Gasteiger partial charge in [-0.25, -0.2) is 0 Å². The number of rotatable bonds is 5. The predicted molar refractivity (Wildman–Crippen MR) is 77.3 cm³/mol. The monoisotopic (exact) mass is 327 g/mol. The third kappa shape index (κ3) is 3.43. The maximum atomic E-state index is 5.73. The molecule has 6 heteroatoms. The van der Waals surface area contributed by atoms with Gasteiger partial charge >= 0.3 is 0 Å². The van der Waals surface area contributed by atoms with E-state index in [9.17, 15) is 0 Å². The van der Waals surface area contributed by atoms with Crippen molar-refractivity contribution in [1.29, 1.82) is 0 Å². The molecule has 0 aliphatic heterocycles. The molecule has 2 rings (SSSR count). The Labute approximate surface area is 119 Å². The standard InChI is InChI=1S/C12H14BrN3OS/c1-3-14-12-16-15-11(18-12)7-17-10-5-4-9(13)6-8(10)2/h4-6H,3,7H2,1-2H3,(H,14,16). The van der Waals surface area contributed by atoms with Crippen molar-refractivity contribution < 1.29 is 4.74 Å². The van der Waals surface area contributed by atoms with E-state index >= 15 is 0 Å². The highest BCUT2D eigenvalue weighted by Gasteiger charge is 2.05. The van der Waals surface area contributed by atoms with Crippen LogP contribution >= 0.6 is 27.3 Å². The zero-order valence-corrected chi connectivity index (χ0v) is 12.6. The van der Waals surface area contributed by atoms with Crippen LogP contribution in [0.2, 0.25) is 0 Å². The van der Waals surface area contributed by atoms with Gasteiger partial charge in [0.05, 0.1) is 0 Å². The van der Waals surface area contributed by atoms with Gasteiger partial charge in [0.15, 0.2) is 5.01 Å². The minimum absolute atomic E-state index is 0.450. The molecule has 0 unspecified atom stereocenters. The zero-order valence-electron chi connectivity index (χ0n) is 10.2. The van der Waals surface area contributed by atoms with Crippen molar-refractivity contribution in [2.24, 2.45) is 0 Å². The van der Waals surface area contributed by atoms with Gasteiger partial charge < -0.3 is 10.1 Å². The van der Waals surface area contributed by atoms with Gasteiger partial charge in [-0.3, -0.25) is 0 Å². The lowest BCUT2D eigenvalue weighted by atomic mass is 10.2. The molecule has 18 heavy (non-hydrogen) atoms. The van der Waals surface area contributed by atoms with E-state index in [4.69, 9.17) is 4.74 Å². The molecule has 0 saturated heterocycles. The third-order valence-corrected chi connectivity index (χ3v) is 3.63. The molecular formula is C12H14BrN3OS. The molecular weight excluding hydrogens is 314 g/mol. The molecule has 1 aromatic heterocycles. The quantitative estimate of drug-likeness (QED) is 0.911. The number of anilines is 1. The van der Waals surface area contributed by atoms with Crippen molar-refractivity contribution in [1.82, 2.24) is 10.2 Å². The molecule has 1 N–H and O–H groups in total. The number of benzene rings is 1. The summed E-state index contributed by atoms with van der Waals surface area (Å²) >= 11 is 4.95. The largest absolute Gasteiger partial charge is 0.486 e. The molecule has 0 spiro atoms. The van der Waals surface area contributed by atoms with Crippen LogP contribution in [0.1, 0.15) is 17.5 Å². The summed E-state index contributed by atoms with van der Waals surface area (Å²) in [4.78, 5) is 0. The number of nitrogens with one attached hydrogen (secondary N) is 1. The number of hydrogen-bond donors (Lipinski definition) is 1. The maximum absolute atomic E-state index is 5.73. The predicted octanol–water partition coefficient (Wildman–Crippen LogP) is 3.62. The first-order chi connectivity index (χ1) is 8.69. The fourth-order valence-electron chi connectivity index (χ4n) is 1.45. The van der Waals surface area contributed by atoms with Crippen LogP contribution in [0.3, 0.4) is 0 Å². The van der Waals surface area contributed by atoms with Crippen LogP contribution in [0.25, 0.3) is 0 Å². The average molecular weight is 328 g/mol. The fourth-order valence-corrected chi connectivity index (χ4v) is 2.65. The number of aromatic nitrogens is 2. The van der Waals surface area contributed by atoms with Gasteiger partial charge in [0.1, 0.15) is 12.4 Å². The van der Waals surface area contributed by atoms with Gasteiger partial charge in [0, 0.05) is 11.0 Å². The first-order valence-corrected chi connectivity index (χ1v) is 7.25. The molecule has 2 aromatic rings. The topological polar surface area (TPSA) is 47.0 Å². The molecule has 0 amide bonds. The highest BCUT2D eigenvalue weighted by atomic mass is 79.9. The van der Waals surface area contributed by atoms with Crippen molar-refractivity contribution in [3.05, 3.63) is 33.2 Å². The number of aryl methyl sites for hydroxylation is 1. The summed E-state index contributed by atoms with van der Waals surface area (Å²) in [5.74, 6) is 0.874. The Bertz CT molecular complexity index is 530. The molecule has 96 valence electrons. The molecule has 0 fully saturated rings. The van der Waals surface area contributed by atoms with Crippen LogP contribution in [-0.2, 0) is 6.61 Å². The first-order valence-electron chi connectivity index (χ1n) is 5.64. The van der Waals surface area contributed by atoms with Crippen molar-refractivity contribution in [3.63, 3.8) is 0 Å². The van der Waals surface area contributed by atoms with Gasteiger partial charge in [-0.05, 0) is 37.6 Å². The Morgan fingerprint density at radius 2 is 2.22 bits per heavy atom. The minimum atomic E-state index is 0.450. The van der Waals surface area contributed by atoms with Crippen molar-refractivity contribution in [2.75, 3.05) is 11.9 Å². The van der Waals surface area contributed by atoms with Crippen LogP contribution in [0.15, 0.2) is 22.7 Å². The number of hydrogen-bond acceptors (Lipinski definition) is 5. The average Bonchev–Trinajstić information content (AvgIpc) is 2.76. The second-order valence-electron chi connectivity index (χ2n) is 3.73. The Balaban J connectivity index is 1.97. The van der Waals surface area contributed by atoms with E-state index in [1.165, 1.54) is 11.3 Å². The molecule has 0 radical (unpaired) electrons. The van der Waals surface area contributed by atoms with E-state index in [-0.39, 0.29) is 0 Å². The summed E-state index contributed by atoms with van der Waals surface area (Å²) < 4.78 is 6.78. The smallest absolute Gasteiger partial charge is 0.205 e. The zero-order chi connectivity index (χ0) is 13.0. The lowest BCUT2D eigenvalue weighted by Gasteiger charge is -2.07. The minimum Gasteiger partial charge on any atom is -0.486 e. The van der Waals surface area contributed by atoms with E-state index in [0.717, 1.165) is 32.5 Å². The number of nitrogens with zero attached hydrogens (tertiary/aromatic N) is 2. The summed E-state index contributed by atoms with van der Waals surface area (Å²) in [7, 11) is 0. The van der Waals surface area contributed by atoms with E-state index in [2.05, 4.69) is 31.4 Å². The van der Waals surface area contributed by atoms with Gasteiger partial charge in [-0.1, -0.05) is 27.3 Å². The molecule has 0 bridgehead atoms. The Morgan fingerprint density at radius 1 is 1.39 bits per heavy atom. The summed E-state index contributed by atoms with van der Waals surface area (Å²) in [5.41, 5.74) is 1.10. The van der Waals surface area contributed by atoms with E-state index in [1.807, 2.05) is 32.0 Å². The Morgan fingerprint density at radius 3 is 2.94 bits per heavy atom.